The Morgan fingerprint density at radius 2 is 2.27 bits per heavy atom. The molecule has 0 aliphatic heterocycles. The van der Waals surface area contributed by atoms with Crippen LogP contribution in [0.4, 0.5) is 5.82 Å². The van der Waals surface area contributed by atoms with E-state index in [4.69, 9.17) is 5.73 Å². The summed E-state index contributed by atoms with van der Waals surface area (Å²) in [6.45, 7) is 4.55. The number of hydrogen-bond donors (Lipinski definition) is 3. The molecule has 6 nitrogen and oxygen atoms in total. The molecule has 4 N–H and O–H groups in total. The van der Waals surface area contributed by atoms with Gasteiger partial charge in [0.05, 0.1) is 11.6 Å². The van der Waals surface area contributed by atoms with Crippen molar-refractivity contribution in [2.24, 2.45) is 5.73 Å². The van der Waals surface area contributed by atoms with Crippen molar-refractivity contribution in [3.63, 3.8) is 0 Å². The fourth-order valence-electron chi connectivity index (χ4n) is 1.22. The third kappa shape index (κ3) is 2.21. The molecule has 0 atom stereocenters. The van der Waals surface area contributed by atoms with Gasteiger partial charge in [-0.15, -0.1) is 0 Å². The zero-order chi connectivity index (χ0) is 10.9. The lowest BCUT2D eigenvalue weighted by Gasteiger charge is -2.19. The van der Waals surface area contributed by atoms with E-state index in [1.807, 2.05) is 13.8 Å². The van der Waals surface area contributed by atoms with Crippen LogP contribution in [-0.4, -0.2) is 32.2 Å². The largest absolute Gasteiger partial charge is 0.368 e. The quantitative estimate of drug-likeness (QED) is 0.680. The first kappa shape index (κ1) is 9.85. The van der Waals surface area contributed by atoms with Gasteiger partial charge in [-0.05, 0) is 13.8 Å². The third-order valence-corrected chi connectivity index (χ3v) is 1.96. The predicted octanol–water partition coefficient (Wildman–Crippen LogP) is 0.502. The van der Waals surface area contributed by atoms with Gasteiger partial charge in [0.25, 0.3) is 0 Å². The van der Waals surface area contributed by atoms with Crippen molar-refractivity contribution >= 4 is 16.9 Å². The predicted molar refractivity (Wildman–Crippen MR) is 58.4 cm³/mol. The minimum atomic E-state index is -0.277. The van der Waals surface area contributed by atoms with Gasteiger partial charge in [-0.3, -0.25) is 5.10 Å². The monoisotopic (exact) mass is 206 g/mol. The number of anilines is 1. The van der Waals surface area contributed by atoms with E-state index in [1.165, 1.54) is 6.33 Å². The minimum absolute atomic E-state index is 0.277. The Hall–Kier alpha value is -1.69. The van der Waals surface area contributed by atoms with E-state index in [0.29, 0.717) is 6.54 Å². The topological polar surface area (TPSA) is 92.5 Å². The molecule has 0 amide bonds. The van der Waals surface area contributed by atoms with Gasteiger partial charge in [-0.1, -0.05) is 0 Å². The highest BCUT2D eigenvalue weighted by atomic mass is 15.2. The molecule has 15 heavy (non-hydrogen) atoms. The van der Waals surface area contributed by atoms with Crippen LogP contribution in [0.5, 0.6) is 0 Å². The fraction of sp³-hybridized carbons (Fsp3) is 0.444. The van der Waals surface area contributed by atoms with Gasteiger partial charge in [0, 0.05) is 12.1 Å². The molecule has 2 rings (SSSR count). The molecule has 0 aromatic carbocycles. The first-order valence-corrected chi connectivity index (χ1v) is 4.73. The number of rotatable bonds is 3. The Bertz CT molecular complexity index is 455. The zero-order valence-corrected chi connectivity index (χ0v) is 8.78. The third-order valence-electron chi connectivity index (χ3n) is 1.96. The molecule has 6 heteroatoms. The van der Waals surface area contributed by atoms with E-state index in [-0.39, 0.29) is 5.54 Å². The van der Waals surface area contributed by atoms with Gasteiger partial charge < -0.3 is 11.1 Å². The maximum absolute atomic E-state index is 5.87. The van der Waals surface area contributed by atoms with Crippen molar-refractivity contribution in [2.45, 2.75) is 19.4 Å². The normalized spacial score (nSPS) is 11.9. The molecule has 80 valence electrons. The summed E-state index contributed by atoms with van der Waals surface area (Å²) >= 11 is 0. The van der Waals surface area contributed by atoms with E-state index in [0.717, 1.165) is 16.9 Å². The summed E-state index contributed by atoms with van der Waals surface area (Å²) in [6, 6.07) is 0. The molecule has 0 saturated carbocycles. The lowest BCUT2D eigenvalue weighted by Crippen LogP contribution is -2.39. The number of aromatic amines is 1. The van der Waals surface area contributed by atoms with Crippen LogP contribution in [0.25, 0.3) is 11.0 Å². The van der Waals surface area contributed by atoms with Crippen molar-refractivity contribution in [2.75, 3.05) is 11.9 Å². The van der Waals surface area contributed by atoms with Crippen LogP contribution in [0, 0.1) is 0 Å². The Morgan fingerprint density at radius 3 is 3.00 bits per heavy atom. The molecule has 2 aromatic heterocycles. The summed E-state index contributed by atoms with van der Waals surface area (Å²) in [5.74, 6) is 0.757. The first-order chi connectivity index (χ1) is 7.06. The van der Waals surface area contributed by atoms with Gasteiger partial charge in [0.2, 0.25) is 0 Å². The second kappa shape index (κ2) is 3.47. The van der Waals surface area contributed by atoms with Gasteiger partial charge in [-0.2, -0.15) is 5.10 Å². The fourth-order valence-corrected chi connectivity index (χ4v) is 1.22. The number of H-pyrrole nitrogens is 1. The summed E-state index contributed by atoms with van der Waals surface area (Å²) in [6.07, 6.45) is 3.19. The zero-order valence-electron chi connectivity index (χ0n) is 8.78. The highest BCUT2D eigenvalue weighted by Gasteiger charge is 2.12. The lowest BCUT2D eigenvalue weighted by atomic mass is 10.1. The number of fused-ring (bicyclic) bond motifs is 1. The maximum Gasteiger partial charge on any atom is 0.160 e. The minimum Gasteiger partial charge on any atom is -0.368 e. The van der Waals surface area contributed by atoms with Crippen LogP contribution >= 0.6 is 0 Å². The Kier molecular flexibility index (Phi) is 2.28. The summed E-state index contributed by atoms with van der Waals surface area (Å²) in [5.41, 5.74) is 6.32. The molecular weight excluding hydrogens is 192 g/mol. The standard InChI is InChI=1S/C9H14N6/c1-9(2,10)4-11-7-6-3-14-15-8(6)13-5-12-7/h3,5H,4,10H2,1-2H3,(H2,11,12,13,14,15). The molecule has 0 radical (unpaired) electrons. The van der Waals surface area contributed by atoms with Crippen molar-refractivity contribution in [1.29, 1.82) is 0 Å². The number of nitrogens with one attached hydrogen (secondary N) is 2. The number of hydrogen-bond acceptors (Lipinski definition) is 5. The van der Waals surface area contributed by atoms with Crippen molar-refractivity contribution < 1.29 is 0 Å². The molecule has 0 saturated heterocycles. The molecule has 0 spiro atoms. The van der Waals surface area contributed by atoms with Gasteiger partial charge in [0.15, 0.2) is 5.65 Å². The van der Waals surface area contributed by atoms with Gasteiger partial charge >= 0.3 is 0 Å². The summed E-state index contributed by atoms with van der Waals surface area (Å²) in [5, 5.41) is 10.7. The molecular formula is C9H14N6. The SMILES string of the molecule is CC(C)(N)CNc1ncnc2[nH]ncc12. The van der Waals surface area contributed by atoms with Crippen LogP contribution in [-0.2, 0) is 0 Å². The maximum atomic E-state index is 5.87. The Balaban J connectivity index is 2.24. The van der Waals surface area contributed by atoms with Crippen LogP contribution < -0.4 is 11.1 Å². The average molecular weight is 206 g/mol. The summed E-state index contributed by atoms with van der Waals surface area (Å²) in [7, 11) is 0. The lowest BCUT2D eigenvalue weighted by molar-refractivity contribution is 0.549. The summed E-state index contributed by atoms with van der Waals surface area (Å²) < 4.78 is 0. The molecule has 0 aliphatic carbocycles. The molecule has 0 bridgehead atoms. The number of nitrogens with two attached hydrogens (primary N) is 1. The van der Waals surface area contributed by atoms with E-state index < -0.39 is 0 Å². The molecule has 2 aromatic rings. The second-order valence-corrected chi connectivity index (χ2v) is 4.20. The average Bonchev–Trinajstić information content (AvgIpc) is 2.61. The number of nitrogens with zero attached hydrogens (tertiary/aromatic N) is 3. The van der Waals surface area contributed by atoms with Gasteiger partial charge in [0.1, 0.15) is 12.1 Å². The van der Waals surface area contributed by atoms with Gasteiger partial charge in [-0.25, -0.2) is 9.97 Å². The van der Waals surface area contributed by atoms with E-state index >= 15 is 0 Å². The van der Waals surface area contributed by atoms with Crippen molar-refractivity contribution in [1.82, 2.24) is 20.2 Å². The van der Waals surface area contributed by atoms with E-state index in [1.54, 1.807) is 6.20 Å². The Morgan fingerprint density at radius 1 is 1.47 bits per heavy atom. The van der Waals surface area contributed by atoms with Crippen molar-refractivity contribution in [3.05, 3.63) is 12.5 Å². The smallest absolute Gasteiger partial charge is 0.160 e. The van der Waals surface area contributed by atoms with E-state index in [2.05, 4.69) is 25.5 Å². The van der Waals surface area contributed by atoms with Crippen LogP contribution in [0.1, 0.15) is 13.8 Å². The van der Waals surface area contributed by atoms with Crippen LogP contribution in [0.2, 0.25) is 0 Å². The van der Waals surface area contributed by atoms with Crippen LogP contribution in [0.15, 0.2) is 12.5 Å². The Labute approximate surface area is 87.3 Å². The van der Waals surface area contributed by atoms with Crippen LogP contribution in [0.3, 0.4) is 0 Å². The molecule has 2 heterocycles. The molecule has 0 aliphatic rings. The van der Waals surface area contributed by atoms with E-state index in [9.17, 15) is 0 Å². The number of aromatic nitrogens is 4. The highest BCUT2D eigenvalue weighted by Crippen LogP contribution is 2.16. The highest BCUT2D eigenvalue weighted by molar-refractivity contribution is 5.85. The molecule has 0 unspecified atom stereocenters. The van der Waals surface area contributed by atoms with Crippen molar-refractivity contribution in [3.8, 4) is 0 Å². The molecule has 0 fully saturated rings. The second-order valence-electron chi connectivity index (χ2n) is 4.20. The first-order valence-electron chi connectivity index (χ1n) is 4.73. The summed E-state index contributed by atoms with van der Waals surface area (Å²) in [4.78, 5) is 8.19.